The summed E-state index contributed by atoms with van der Waals surface area (Å²) in [6.45, 7) is 0. The normalized spacial score (nSPS) is 10.7. The molecule has 0 saturated carbocycles. The minimum absolute atomic E-state index is 0.327. The molecule has 0 aromatic carbocycles. The van der Waals surface area contributed by atoms with Gasteiger partial charge in [-0.15, -0.1) is 0 Å². The maximum Gasteiger partial charge on any atom is 0.132 e. The average Bonchev–Trinajstić information content (AvgIpc) is 3.01. The third-order valence-electron chi connectivity index (χ3n) is 2.92. The number of rotatable bonds is 8. The molecule has 2 rings (SSSR count). The van der Waals surface area contributed by atoms with E-state index in [1.165, 1.54) is 0 Å². The zero-order chi connectivity index (χ0) is 12.6. The molecular formula is C15H18O3. The molecule has 0 aliphatic heterocycles. The molecule has 0 bridgehead atoms. The zero-order valence-corrected chi connectivity index (χ0v) is 10.4. The molecule has 0 N–H and O–H groups in total. The molecule has 96 valence electrons. The smallest absolute Gasteiger partial charge is 0.132 e. The molecule has 18 heavy (non-hydrogen) atoms. The van der Waals surface area contributed by atoms with Crippen molar-refractivity contribution in [3.05, 3.63) is 48.3 Å². The number of Topliss-reactive ketones (excluding diaryl/α,β-unsaturated/α-hetero) is 1. The van der Waals surface area contributed by atoms with Crippen molar-refractivity contribution in [1.29, 1.82) is 0 Å². The number of carbonyl (C=O) groups is 1. The molecule has 0 spiro atoms. The Kier molecular flexibility index (Phi) is 4.82. The summed E-state index contributed by atoms with van der Waals surface area (Å²) in [5.41, 5.74) is 0. The summed E-state index contributed by atoms with van der Waals surface area (Å²) in [5.74, 6) is 2.24. The van der Waals surface area contributed by atoms with Crippen molar-refractivity contribution in [2.24, 2.45) is 0 Å². The quantitative estimate of drug-likeness (QED) is 0.711. The van der Waals surface area contributed by atoms with E-state index in [0.29, 0.717) is 18.6 Å². The minimum atomic E-state index is 0.327. The monoisotopic (exact) mass is 246 g/mol. The van der Waals surface area contributed by atoms with Crippen molar-refractivity contribution in [3.8, 4) is 0 Å². The maximum atomic E-state index is 11.6. The fourth-order valence-corrected chi connectivity index (χ4v) is 1.95. The summed E-state index contributed by atoms with van der Waals surface area (Å²) >= 11 is 0. The molecule has 0 unspecified atom stereocenters. The first kappa shape index (κ1) is 12.7. The summed E-state index contributed by atoms with van der Waals surface area (Å²) in [4.78, 5) is 11.6. The Bertz CT molecular complexity index is 398. The molecule has 0 aliphatic rings. The van der Waals surface area contributed by atoms with Crippen LogP contribution in [0.2, 0.25) is 0 Å². The highest BCUT2D eigenvalue weighted by atomic mass is 16.3. The van der Waals surface area contributed by atoms with Crippen LogP contribution in [0.15, 0.2) is 45.6 Å². The lowest BCUT2D eigenvalue weighted by molar-refractivity contribution is -0.119. The first-order chi connectivity index (χ1) is 8.84. The Labute approximate surface area is 107 Å². The van der Waals surface area contributed by atoms with Crippen LogP contribution < -0.4 is 0 Å². The van der Waals surface area contributed by atoms with E-state index in [-0.39, 0.29) is 0 Å². The largest absolute Gasteiger partial charge is 0.469 e. The first-order valence-electron chi connectivity index (χ1n) is 6.41. The van der Waals surface area contributed by atoms with Gasteiger partial charge in [-0.25, -0.2) is 0 Å². The Morgan fingerprint density at radius 2 is 1.39 bits per heavy atom. The molecule has 0 saturated heterocycles. The van der Waals surface area contributed by atoms with Crippen LogP contribution in [0.25, 0.3) is 0 Å². The zero-order valence-electron chi connectivity index (χ0n) is 10.4. The van der Waals surface area contributed by atoms with E-state index < -0.39 is 0 Å². The molecule has 0 radical (unpaired) electrons. The van der Waals surface area contributed by atoms with E-state index in [4.69, 9.17) is 8.83 Å². The van der Waals surface area contributed by atoms with Gasteiger partial charge in [-0.2, -0.15) is 0 Å². The lowest BCUT2D eigenvalue weighted by Crippen LogP contribution is -1.99. The number of aryl methyl sites for hydroxylation is 2. The molecule has 2 aromatic heterocycles. The Balaban J connectivity index is 1.55. The topological polar surface area (TPSA) is 43.4 Å². The fraction of sp³-hybridized carbons (Fsp3) is 0.400. The third-order valence-corrected chi connectivity index (χ3v) is 2.92. The highest BCUT2D eigenvalue weighted by Gasteiger charge is 2.04. The number of hydrogen-bond donors (Lipinski definition) is 0. The fourth-order valence-electron chi connectivity index (χ4n) is 1.95. The molecule has 2 heterocycles. The van der Waals surface area contributed by atoms with Crippen molar-refractivity contribution >= 4 is 5.78 Å². The van der Waals surface area contributed by atoms with E-state index >= 15 is 0 Å². The number of carbonyl (C=O) groups excluding carboxylic acids is 1. The van der Waals surface area contributed by atoms with Crippen molar-refractivity contribution in [2.45, 2.75) is 38.5 Å². The molecule has 3 nitrogen and oxygen atoms in total. The van der Waals surface area contributed by atoms with Gasteiger partial charge in [0.15, 0.2) is 0 Å². The first-order valence-corrected chi connectivity index (χ1v) is 6.41. The van der Waals surface area contributed by atoms with Crippen molar-refractivity contribution < 1.29 is 13.6 Å². The van der Waals surface area contributed by atoms with Gasteiger partial charge in [-0.1, -0.05) is 0 Å². The lowest BCUT2D eigenvalue weighted by Gasteiger charge is -1.99. The predicted molar refractivity (Wildman–Crippen MR) is 68.3 cm³/mol. The van der Waals surface area contributed by atoms with Crippen LogP contribution in [0, 0.1) is 0 Å². The summed E-state index contributed by atoms with van der Waals surface area (Å²) < 4.78 is 10.4. The second-order valence-electron chi connectivity index (χ2n) is 4.40. The lowest BCUT2D eigenvalue weighted by atomic mass is 10.1. The van der Waals surface area contributed by atoms with Crippen LogP contribution in [0.1, 0.15) is 37.2 Å². The van der Waals surface area contributed by atoms with Crippen molar-refractivity contribution in [1.82, 2.24) is 0 Å². The van der Waals surface area contributed by atoms with E-state index in [2.05, 4.69) is 0 Å². The summed E-state index contributed by atoms with van der Waals surface area (Å²) in [6, 6.07) is 7.64. The Hall–Kier alpha value is -1.77. The molecule has 0 fully saturated rings. The highest BCUT2D eigenvalue weighted by molar-refractivity contribution is 5.78. The molecular weight excluding hydrogens is 228 g/mol. The summed E-state index contributed by atoms with van der Waals surface area (Å²) in [6.07, 6.45) is 8.03. The van der Waals surface area contributed by atoms with E-state index in [1.54, 1.807) is 12.5 Å². The van der Waals surface area contributed by atoms with Gasteiger partial charge in [0.1, 0.15) is 17.3 Å². The molecule has 2 aromatic rings. The predicted octanol–water partition coefficient (Wildman–Crippen LogP) is 3.79. The SMILES string of the molecule is O=C(CCCc1ccco1)CCCc1ccco1. The standard InChI is InChI=1S/C15H18O3/c16-13(5-1-7-14-9-3-11-17-14)6-2-8-15-10-4-12-18-15/h3-4,9-12H,1-2,5-8H2. The number of ketones is 1. The van der Waals surface area contributed by atoms with E-state index in [9.17, 15) is 4.79 Å². The van der Waals surface area contributed by atoms with Crippen LogP contribution in [0.5, 0.6) is 0 Å². The second kappa shape index (κ2) is 6.84. The van der Waals surface area contributed by atoms with Gasteiger partial charge in [-0.3, -0.25) is 4.79 Å². The maximum absolute atomic E-state index is 11.6. The Morgan fingerprint density at radius 1 is 0.889 bits per heavy atom. The molecule has 3 heteroatoms. The molecule has 0 amide bonds. The average molecular weight is 246 g/mol. The van der Waals surface area contributed by atoms with Crippen LogP contribution in [-0.4, -0.2) is 5.78 Å². The highest BCUT2D eigenvalue weighted by Crippen LogP contribution is 2.09. The van der Waals surface area contributed by atoms with Crippen molar-refractivity contribution in [3.63, 3.8) is 0 Å². The third kappa shape index (κ3) is 4.24. The van der Waals surface area contributed by atoms with Crippen LogP contribution >= 0.6 is 0 Å². The van der Waals surface area contributed by atoms with Gasteiger partial charge in [0.2, 0.25) is 0 Å². The number of furan rings is 2. The molecule has 0 aliphatic carbocycles. The number of hydrogen-bond acceptors (Lipinski definition) is 3. The minimum Gasteiger partial charge on any atom is -0.469 e. The van der Waals surface area contributed by atoms with Crippen molar-refractivity contribution in [2.75, 3.05) is 0 Å². The van der Waals surface area contributed by atoms with Gasteiger partial charge in [0, 0.05) is 25.7 Å². The summed E-state index contributed by atoms with van der Waals surface area (Å²) in [5, 5.41) is 0. The van der Waals surface area contributed by atoms with E-state index in [1.807, 2.05) is 24.3 Å². The van der Waals surface area contributed by atoms with Gasteiger partial charge in [0.05, 0.1) is 12.5 Å². The van der Waals surface area contributed by atoms with Crippen LogP contribution in [-0.2, 0) is 17.6 Å². The van der Waals surface area contributed by atoms with Gasteiger partial charge >= 0.3 is 0 Å². The molecule has 0 atom stereocenters. The van der Waals surface area contributed by atoms with Crippen LogP contribution in [0.4, 0.5) is 0 Å². The van der Waals surface area contributed by atoms with Gasteiger partial charge in [0.25, 0.3) is 0 Å². The Morgan fingerprint density at radius 3 is 1.78 bits per heavy atom. The second-order valence-corrected chi connectivity index (χ2v) is 4.40. The van der Waals surface area contributed by atoms with Crippen LogP contribution in [0.3, 0.4) is 0 Å². The van der Waals surface area contributed by atoms with E-state index in [0.717, 1.165) is 37.2 Å². The summed E-state index contributed by atoms with van der Waals surface area (Å²) in [7, 11) is 0. The van der Waals surface area contributed by atoms with Gasteiger partial charge < -0.3 is 8.83 Å². The van der Waals surface area contributed by atoms with Gasteiger partial charge in [-0.05, 0) is 37.1 Å².